The van der Waals surface area contributed by atoms with Gasteiger partial charge in [0.05, 0.1) is 18.9 Å². The van der Waals surface area contributed by atoms with Crippen molar-refractivity contribution < 1.29 is 4.74 Å². The van der Waals surface area contributed by atoms with Crippen molar-refractivity contribution in [1.29, 1.82) is 0 Å². The van der Waals surface area contributed by atoms with E-state index in [0.717, 1.165) is 61.6 Å². The van der Waals surface area contributed by atoms with Crippen molar-refractivity contribution in [2.75, 3.05) is 42.6 Å². The van der Waals surface area contributed by atoms with Crippen molar-refractivity contribution in [3.63, 3.8) is 0 Å². The van der Waals surface area contributed by atoms with E-state index in [0.29, 0.717) is 0 Å². The van der Waals surface area contributed by atoms with Crippen molar-refractivity contribution in [3.05, 3.63) is 66.2 Å². The van der Waals surface area contributed by atoms with E-state index in [9.17, 15) is 0 Å². The Kier molecular flexibility index (Phi) is 5.53. The molecule has 144 valence electrons. The number of nitrogens with zero attached hydrogens (tertiary/aromatic N) is 4. The van der Waals surface area contributed by atoms with Crippen LogP contribution in [0.4, 0.5) is 17.5 Å². The highest BCUT2D eigenvalue weighted by Gasteiger charge is 2.19. The molecule has 4 rings (SSSR count). The zero-order valence-corrected chi connectivity index (χ0v) is 16.5. The molecular formula is C23H26N4O. The van der Waals surface area contributed by atoms with Gasteiger partial charge in [-0.15, -0.1) is 0 Å². The Morgan fingerprint density at radius 3 is 2.46 bits per heavy atom. The van der Waals surface area contributed by atoms with Gasteiger partial charge in [-0.1, -0.05) is 42.5 Å². The fourth-order valence-electron chi connectivity index (χ4n) is 3.49. The summed E-state index contributed by atoms with van der Waals surface area (Å²) in [6, 6.07) is 20.9. The van der Waals surface area contributed by atoms with Gasteiger partial charge >= 0.3 is 0 Å². The number of ether oxygens (including phenoxy) is 1. The number of hydrogen-bond donors (Lipinski definition) is 0. The van der Waals surface area contributed by atoms with E-state index in [-0.39, 0.29) is 0 Å². The molecule has 2 heterocycles. The predicted octanol–water partition coefficient (Wildman–Crippen LogP) is 4.45. The smallest absolute Gasteiger partial charge is 0.232 e. The number of morpholine rings is 1. The van der Waals surface area contributed by atoms with Gasteiger partial charge in [-0.2, -0.15) is 4.98 Å². The van der Waals surface area contributed by atoms with Crippen LogP contribution in [0.1, 0.15) is 12.5 Å². The molecule has 0 spiro atoms. The molecule has 1 aliphatic heterocycles. The predicted molar refractivity (Wildman–Crippen MR) is 114 cm³/mol. The van der Waals surface area contributed by atoms with E-state index in [1.807, 2.05) is 18.2 Å². The molecule has 1 fully saturated rings. The summed E-state index contributed by atoms with van der Waals surface area (Å²) in [5.74, 6) is 1.69. The lowest BCUT2D eigenvalue weighted by Crippen LogP contribution is -2.37. The number of benzene rings is 2. The minimum Gasteiger partial charge on any atom is -0.378 e. The Bertz CT molecular complexity index is 923. The first-order chi connectivity index (χ1) is 13.7. The molecule has 1 saturated heterocycles. The summed E-state index contributed by atoms with van der Waals surface area (Å²) in [6.45, 7) is 8.20. The number of anilines is 3. The molecule has 5 heteroatoms. The standard InChI is InChI=1S/C23H26N4O/c1-3-27(20-11-7-8-18(2)16-20)23-24-21(19-9-5-4-6-10-19)17-22(25-23)26-12-14-28-15-13-26/h4-11,16-17H,3,12-15H2,1-2H3. The number of aryl methyl sites for hydroxylation is 1. The summed E-state index contributed by atoms with van der Waals surface area (Å²) in [7, 11) is 0. The van der Waals surface area contributed by atoms with Crippen LogP contribution in [0.5, 0.6) is 0 Å². The maximum Gasteiger partial charge on any atom is 0.232 e. The highest BCUT2D eigenvalue weighted by Crippen LogP contribution is 2.29. The zero-order chi connectivity index (χ0) is 19.3. The van der Waals surface area contributed by atoms with Crippen molar-refractivity contribution in [3.8, 4) is 11.3 Å². The number of rotatable bonds is 5. The summed E-state index contributed by atoms with van der Waals surface area (Å²) in [4.78, 5) is 14.3. The minimum atomic E-state index is 0.732. The average molecular weight is 374 g/mol. The second-order valence-electron chi connectivity index (χ2n) is 6.96. The number of aromatic nitrogens is 2. The molecule has 0 saturated carbocycles. The molecule has 0 atom stereocenters. The van der Waals surface area contributed by atoms with Crippen LogP contribution in [-0.2, 0) is 4.74 Å². The second kappa shape index (κ2) is 8.40. The van der Waals surface area contributed by atoms with Gasteiger partial charge in [0.2, 0.25) is 5.95 Å². The van der Waals surface area contributed by atoms with Crippen LogP contribution in [-0.4, -0.2) is 42.8 Å². The van der Waals surface area contributed by atoms with Gasteiger partial charge in [0, 0.05) is 37.0 Å². The fraction of sp³-hybridized carbons (Fsp3) is 0.304. The van der Waals surface area contributed by atoms with Crippen LogP contribution in [0, 0.1) is 6.92 Å². The van der Waals surface area contributed by atoms with Crippen LogP contribution < -0.4 is 9.80 Å². The average Bonchev–Trinajstić information content (AvgIpc) is 2.75. The van der Waals surface area contributed by atoms with Gasteiger partial charge in [0.25, 0.3) is 0 Å². The summed E-state index contributed by atoms with van der Waals surface area (Å²) >= 11 is 0. The van der Waals surface area contributed by atoms with Gasteiger partial charge in [-0.05, 0) is 31.5 Å². The van der Waals surface area contributed by atoms with Crippen LogP contribution in [0.3, 0.4) is 0 Å². The van der Waals surface area contributed by atoms with Crippen molar-refractivity contribution in [2.24, 2.45) is 0 Å². The third-order valence-electron chi connectivity index (χ3n) is 4.98. The minimum absolute atomic E-state index is 0.732. The monoisotopic (exact) mass is 374 g/mol. The maximum absolute atomic E-state index is 5.52. The normalized spacial score (nSPS) is 14.1. The van der Waals surface area contributed by atoms with Gasteiger partial charge in [0.15, 0.2) is 0 Å². The lowest BCUT2D eigenvalue weighted by molar-refractivity contribution is 0.122. The van der Waals surface area contributed by atoms with Crippen molar-refractivity contribution >= 4 is 17.5 Å². The summed E-state index contributed by atoms with van der Waals surface area (Å²) in [6.07, 6.45) is 0. The molecule has 0 bridgehead atoms. The maximum atomic E-state index is 5.52. The van der Waals surface area contributed by atoms with Crippen molar-refractivity contribution in [1.82, 2.24) is 9.97 Å². The molecule has 0 N–H and O–H groups in total. The van der Waals surface area contributed by atoms with Crippen LogP contribution in [0.25, 0.3) is 11.3 Å². The first-order valence-corrected chi connectivity index (χ1v) is 9.86. The van der Waals surface area contributed by atoms with Gasteiger partial charge in [0.1, 0.15) is 5.82 Å². The van der Waals surface area contributed by atoms with Crippen LogP contribution in [0.2, 0.25) is 0 Å². The first-order valence-electron chi connectivity index (χ1n) is 9.86. The molecule has 1 aliphatic rings. The summed E-state index contributed by atoms with van der Waals surface area (Å²) in [5, 5.41) is 0. The zero-order valence-electron chi connectivity index (χ0n) is 16.5. The molecule has 0 aliphatic carbocycles. The highest BCUT2D eigenvalue weighted by atomic mass is 16.5. The van der Waals surface area contributed by atoms with E-state index in [1.165, 1.54) is 5.56 Å². The summed E-state index contributed by atoms with van der Waals surface area (Å²) in [5.41, 5.74) is 4.38. The Hall–Kier alpha value is -2.92. The third kappa shape index (κ3) is 3.99. The molecule has 0 amide bonds. The third-order valence-corrected chi connectivity index (χ3v) is 4.98. The molecular weight excluding hydrogens is 348 g/mol. The molecule has 28 heavy (non-hydrogen) atoms. The SMILES string of the molecule is CCN(c1cccc(C)c1)c1nc(-c2ccccc2)cc(N2CCOCC2)n1. The van der Waals surface area contributed by atoms with E-state index >= 15 is 0 Å². The van der Waals surface area contributed by atoms with E-state index < -0.39 is 0 Å². The lowest BCUT2D eigenvalue weighted by atomic mass is 10.1. The van der Waals surface area contributed by atoms with Crippen LogP contribution >= 0.6 is 0 Å². The Labute approximate surface area is 166 Å². The molecule has 1 aromatic heterocycles. The molecule has 0 unspecified atom stereocenters. The molecule has 2 aromatic carbocycles. The van der Waals surface area contributed by atoms with Crippen molar-refractivity contribution in [2.45, 2.75) is 13.8 Å². The Morgan fingerprint density at radius 1 is 0.964 bits per heavy atom. The van der Waals surface area contributed by atoms with E-state index in [4.69, 9.17) is 14.7 Å². The van der Waals surface area contributed by atoms with Gasteiger partial charge < -0.3 is 14.5 Å². The van der Waals surface area contributed by atoms with E-state index in [1.54, 1.807) is 0 Å². The number of hydrogen-bond acceptors (Lipinski definition) is 5. The topological polar surface area (TPSA) is 41.5 Å². The lowest BCUT2D eigenvalue weighted by Gasteiger charge is -2.29. The Balaban J connectivity index is 1.80. The highest BCUT2D eigenvalue weighted by molar-refractivity contribution is 5.68. The molecule has 3 aromatic rings. The second-order valence-corrected chi connectivity index (χ2v) is 6.96. The summed E-state index contributed by atoms with van der Waals surface area (Å²) < 4.78 is 5.52. The quantitative estimate of drug-likeness (QED) is 0.660. The van der Waals surface area contributed by atoms with Gasteiger partial charge in [-0.3, -0.25) is 0 Å². The molecule has 5 nitrogen and oxygen atoms in total. The largest absolute Gasteiger partial charge is 0.378 e. The molecule has 0 radical (unpaired) electrons. The van der Waals surface area contributed by atoms with Crippen LogP contribution in [0.15, 0.2) is 60.7 Å². The first kappa shape index (κ1) is 18.4. The van der Waals surface area contributed by atoms with E-state index in [2.05, 4.69) is 66.1 Å². The van der Waals surface area contributed by atoms with Gasteiger partial charge in [-0.25, -0.2) is 4.98 Å². The Morgan fingerprint density at radius 2 is 1.75 bits per heavy atom. The fourth-order valence-corrected chi connectivity index (χ4v) is 3.49.